The molecule has 1 aromatic carbocycles. The van der Waals surface area contributed by atoms with E-state index in [0.29, 0.717) is 12.8 Å². The normalized spacial score (nSPS) is 16.1. The second-order valence-corrected chi connectivity index (χ2v) is 3.85. The molecular weight excluding hydrogens is 232 g/mol. The smallest absolute Gasteiger partial charge is 0.335 e. The van der Waals surface area contributed by atoms with Gasteiger partial charge in [0, 0.05) is 0 Å². The highest BCUT2D eigenvalue weighted by Crippen LogP contribution is 2.51. The average Bonchev–Trinajstić information content (AvgIpc) is 2.97. The van der Waals surface area contributed by atoms with Crippen LogP contribution in [0.2, 0.25) is 0 Å². The first-order valence-electron chi connectivity index (χ1n) is 4.82. The van der Waals surface area contributed by atoms with E-state index in [2.05, 4.69) is 4.99 Å². The van der Waals surface area contributed by atoms with Crippen LogP contribution in [0, 0.1) is 11.6 Å². The number of aliphatic imine (C=N–C) groups is 1. The number of halogens is 2. The number of carbonyl (C=O) groups excluding carboxylic acids is 1. The van der Waals surface area contributed by atoms with E-state index >= 15 is 0 Å². The molecule has 4 nitrogen and oxygen atoms in total. The fourth-order valence-corrected chi connectivity index (χ4v) is 1.76. The van der Waals surface area contributed by atoms with Crippen molar-refractivity contribution in [2.45, 2.75) is 18.4 Å². The van der Waals surface area contributed by atoms with Crippen LogP contribution in [0.15, 0.2) is 17.1 Å². The van der Waals surface area contributed by atoms with Crippen molar-refractivity contribution in [1.82, 2.24) is 0 Å². The van der Waals surface area contributed by atoms with Crippen LogP contribution in [0.5, 0.6) is 0 Å². The Labute approximate surface area is 94.6 Å². The van der Waals surface area contributed by atoms with Crippen molar-refractivity contribution >= 4 is 12.0 Å². The van der Waals surface area contributed by atoms with Gasteiger partial charge in [0.25, 0.3) is 0 Å². The lowest BCUT2D eigenvalue weighted by atomic mass is 10.0. The fraction of sp³-hybridized carbons (Fsp3) is 0.273. The molecule has 1 aliphatic carbocycles. The number of hydrogen-bond acceptors (Lipinski definition) is 3. The molecule has 0 saturated heterocycles. The zero-order valence-corrected chi connectivity index (χ0v) is 8.54. The van der Waals surface area contributed by atoms with Crippen molar-refractivity contribution in [1.29, 1.82) is 0 Å². The van der Waals surface area contributed by atoms with Crippen molar-refractivity contribution in [2.75, 3.05) is 0 Å². The highest BCUT2D eigenvalue weighted by molar-refractivity contribution is 5.87. The highest BCUT2D eigenvalue weighted by Gasteiger charge is 2.48. The summed E-state index contributed by atoms with van der Waals surface area (Å²) in [5.74, 6) is -3.42. The van der Waals surface area contributed by atoms with E-state index in [-0.39, 0.29) is 5.56 Å². The number of carboxylic acids is 1. The van der Waals surface area contributed by atoms with E-state index in [1.54, 1.807) is 0 Å². The van der Waals surface area contributed by atoms with Crippen LogP contribution < -0.4 is 0 Å². The lowest BCUT2D eigenvalue weighted by molar-refractivity contribution is 0.0695. The van der Waals surface area contributed by atoms with E-state index in [4.69, 9.17) is 5.11 Å². The minimum Gasteiger partial charge on any atom is -0.478 e. The number of carboxylic acid groups (broad SMARTS) is 1. The molecule has 0 amide bonds. The molecule has 0 aliphatic heterocycles. The number of nitrogens with zero attached hydrogens (tertiary/aromatic N) is 1. The number of carbonyl (C=O) groups is 1. The van der Waals surface area contributed by atoms with Gasteiger partial charge in [-0.2, -0.15) is 4.99 Å². The third kappa shape index (κ3) is 1.83. The van der Waals surface area contributed by atoms with Crippen LogP contribution >= 0.6 is 0 Å². The molecule has 17 heavy (non-hydrogen) atoms. The molecule has 1 aliphatic rings. The molecule has 88 valence electrons. The third-order valence-electron chi connectivity index (χ3n) is 2.74. The van der Waals surface area contributed by atoms with Gasteiger partial charge in [0.05, 0.1) is 11.1 Å². The van der Waals surface area contributed by atoms with Gasteiger partial charge >= 0.3 is 5.97 Å². The van der Waals surface area contributed by atoms with Gasteiger partial charge in [-0.15, -0.1) is 0 Å². The van der Waals surface area contributed by atoms with Crippen LogP contribution in [-0.2, 0) is 10.3 Å². The Morgan fingerprint density at radius 3 is 2.24 bits per heavy atom. The highest BCUT2D eigenvalue weighted by atomic mass is 19.1. The van der Waals surface area contributed by atoms with Gasteiger partial charge in [0.2, 0.25) is 6.08 Å². The largest absolute Gasteiger partial charge is 0.478 e. The summed E-state index contributed by atoms with van der Waals surface area (Å²) in [7, 11) is 0. The molecular formula is C11H7F2NO3. The van der Waals surface area contributed by atoms with Gasteiger partial charge in [-0.05, 0) is 25.0 Å². The molecule has 0 unspecified atom stereocenters. The molecule has 1 fully saturated rings. The lowest BCUT2D eigenvalue weighted by Gasteiger charge is -2.11. The maximum absolute atomic E-state index is 13.6. The Morgan fingerprint density at radius 1 is 1.35 bits per heavy atom. The number of rotatable bonds is 3. The summed E-state index contributed by atoms with van der Waals surface area (Å²) in [6.45, 7) is 0. The first-order valence-corrected chi connectivity index (χ1v) is 4.82. The average molecular weight is 239 g/mol. The summed E-state index contributed by atoms with van der Waals surface area (Å²) < 4.78 is 27.3. The van der Waals surface area contributed by atoms with Crippen molar-refractivity contribution in [3.8, 4) is 0 Å². The van der Waals surface area contributed by atoms with Crippen LogP contribution in [0.1, 0.15) is 28.8 Å². The molecule has 1 N–H and O–H groups in total. The topological polar surface area (TPSA) is 66.7 Å². The summed E-state index contributed by atoms with van der Waals surface area (Å²) in [4.78, 5) is 24.2. The molecule has 0 atom stereocenters. The third-order valence-corrected chi connectivity index (χ3v) is 2.74. The molecule has 1 saturated carbocycles. The van der Waals surface area contributed by atoms with Crippen LogP contribution in [-0.4, -0.2) is 17.2 Å². The number of benzene rings is 1. The Bertz CT molecular complexity index is 523. The van der Waals surface area contributed by atoms with Crippen molar-refractivity contribution < 1.29 is 23.5 Å². The molecule has 6 heteroatoms. The molecule has 0 heterocycles. The predicted molar refractivity (Wildman–Crippen MR) is 52.4 cm³/mol. The zero-order valence-electron chi connectivity index (χ0n) is 8.54. The molecule has 1 aromatic rings. The number of isocyanates is 1. The SMILES string of the molecule is O=C=NC1(c2c(F)cc(C(=O)O)cc2F)CC1. The summed E-state index contributed by atoms with van der Waals surface area (Å²) in [6, 6.07) is 1.45. The Hall–Kier alpha value is -2.07. The van der Waals surface area contributed by atoms with E-state index < -0.39 is 28.7 Å². The van der Waals surface area contributed by atoms with Crippen molar-refractivity contribution in [3.05, 3.63) is 34.9 Å². The number of aromatic carboxylic acids is 1. The van der Waals surface area contributed by atoms with Gasteiger partial charge in [-0.1, -0.05) is 0 Å². The van der Waals surface area contributed by atoms with Gasteiger partial charge in [-0.3, -0.25) is 0 Å². The monoisotopic (exact) mass is 239 g/mol. The van der Waals surface area contributed by atoms with Gasteiger partial charge in [0.1, 0.15) is 17.2 Å². The summed E-state index contributed by atoms with van der Waals surface area (Å²) in [6.07, 6.45) is 1.99. The van der Waals surface area contributed by atoms with Crippen LogP contribution in [0.25, 0.3) is 0 Å². The zero-order chi connectivity index (χ0) is 12.6. The summed E-state index contributed by atoms with van der Waals surface area (Å²) in [5, 5.41) is 8.63. The summed E-state index contributed by atoms with van der Waals surface area (Å²) in [5.41, 5.74) is -2.02. The van der Waals surface area contributed by atoms with E-state index in [0.717, 1.165) is 12.1 Å². The Morgan fingerprint density at radius 2 is 1.88 bits per heavy atom. The van der Waals surface area contributed by atoms with Crippen LogP contribution in [0.3, 0.4) is 0 Å². The molecule has 0 radical (unpaired) electrons. The van der Waals surface area contributed by atoms with E-state index in [1.165, 1.54) is 6.08 Å². The molecule has 0 bridgehead atoms. The second kappa shape index (κ2) is 3.75. The molecule has 0 spiro atoms. The first kappa shape index (κ1) is 11.4. The predicted octanol–water partition coefficient (Wildman–Crippen LogP) is 1.99. The Balaban J connectivity index is 2.57. The standard InChI is InChI=1S/C11H7F2NO3/c12-7-3-6(10(16)17)4-8(13)9(7)11(1-2-11)14-5-15/h3-4H,1-2H2,(H,16,17). The lowest BCUT2D eigenvalue weighted by Crippen LogP contribution is -2.11. The maximum Gasteiger partial charge on any atom is 0.335 e. The minimum atomic E-state index is -1.42. The minimum absolute atomic E-state index is 0.350. The second-order valence-electron chi connectivity index (χ2n) is 3.85. The molecule has 2 rings (SSSR count). The van der Waals surface area contributed by atoms with Crippen LogP contribution in [0.4, 0.5) is 8.78 Å². The van der Waals surface area contributed by atoms with Crippen molar-refractivity contribution in [2.24, 2.45) is 4.99 Å². The fourth-order valence-electron chi connectivity index (χ4n) is 1.76. The first-order chi connectivity index (χ1) is 8.00. The van der Waals surface area contributed by atoms with E-state index in [1.807, 2.05) is 0 Å². The Kier molecular flexibility index (Phi) is 2.52. The quantitative estimate of drug-likeness (QED) is 0.647. The molecule has 0 aromatic heterocycles. The van der Waals surface area contributed by atoms with E-state index in [9.17, 15) is 18.4 Å². The van der Waals surface area contributed by atoms with Gasteiger partial charge < -0.3 is 5.11 Å². The summed E-state index contributed by atoms with van der Waals surface area (Å²) >= 11 is 0. The van der Waals surface area contributed by atoms with Gasteiger partial charge in [-0.25, -0.2) is 18.4 Å². The maximum atomic E-state index is 13.6. The van der Waals surface area contributed by atoms with Crippen molar-refractivity contribution in [3.63, 3.8) is 0 Å². The van der Waals surface area contributed by atoms with Gasteiger partial charge in [0.15, 0.2) is 0 Å². The number of hydrogen-bond donors (Lipinski definition) is 1.